The average Bonchev–Trinajstić information content (AvgIpc) is 2.78. The highest BCUT2D eigenvalue weighted by Gasteiger charge is 2.11. The second-order valence-electron chi connectivity index (χ2n) is 8.02. The van der Waals surface area contributed by atoms with Crippen LogP contribution in [0.2, 0.25) is 0 Å². The van der Waals surface area contributed by atoms with Gasteiger partial charge in [-0.3, -0.25) is 10.1 Å². The lowest BCUT2D eigenvalue weighted by atomic mass is 10.1. The maximum atomic E-state index is 12.5. The number of nitrogens with one attached hydrogen (secondary N) is 2. The molecule has 2 aromatic carbocycles. The summed E-state index contributed by atoms with van der Waals surface area (Å²) in [6, 6.07) is 12.8. The van der Waals surface area contributed by atoms with Crippen LogP contribution >= 0.6 is 12.2 Å². The number of benzene rings is 2. The van der Waals surface area contributed by atoms with Crippen LogP contribution in [-0.4, -0.2) is 30.8 Å². The van der Waals surface area contributed by atoms with Gasteiger partial charge in [-0.2, -0.15) is 0 Å². The average molecular weight is 459 g/mol. The lowest BCUT2D eigenvalue weighted by Crippen LogP contribution is -2.38. The molecule has 2 N–H and O–H groups in total. The Kier molecular flexibility index (Phi) is 10.3. The molecule has 2 rings (SSSR count). The number of carbonyl (C=O) groups excluding carboxylic acids is 1. The zero-order chi connectivity index (χ0) is 23.5. The molecule has 0 heterocycles. The van der Waals surface area contributed by atoms with Gasteiger partial charge in [0.05, 0.1) is 19.8 Å². The molecule has 0 saturated carbocycles. The lowest BCUT2D eigenvalue weighted by molar-refractivity contribution is 0.0975. The second-order valence-corrected chi connectivity index (χ2v) is 8.43. The Balaban J connectivity index is 1.89. The third-order valence-corrected chi connectivity index (χ3v) is 5.12. The Labute approximate surface area is 196 Å². The number of hydrogen-bond donors (Lipinski definition) is 2. The van der Waals surface area contributed by atoms with Gasteiger partial charge in [0.15, 0.2) is 16.6 Å². The molecule has 6 nitrogen and oxygen atoms in total. The van der Waals surface area contributed by atoms with Crippen LogP contribution in [0.25, 0.3) is 0 Å². The number of ether oxygens (including phenoxy) is 3. The van der Waals surface area contributed by atoms with Gasteiger partial charge in [0.1, 0.15) is 5.75 Å². The van der Waals surface area contributed by atoms with Crippen molar-refractivity contribution in [1.29, 1.82) is 0 Å². The summed E-state index contributed by atoms with van der Waals surface area (Å²) in [7, 11) is 1.62. The molecule has 174 valence electrons. The Hall–Kier alpha value is -2.80. The van der Waals surface area contributed by atoms with Crippen molar-refractivity contribution in [2.75, 3.05) is 13.7 Å². The van der Waals surface area contributed by atoms with Crippen LogP contribution in [0, 0.1) is 5.92 Å². The third-order valence-electron chi connectivity index (χ3n) is 4.87. The first-order valence-electron chi connectivity index (χ1n) is 11.0. The predicted molar refractivity (Wildman–Crippen MR) is 132 cm³/mol. The molecule has 2 aromatic rings. The molecule has 0 aromatic heterocycles. The Morgan fingerprint density at radius 2 is 1.88 bits per heavy atom. The van der Waals surface area contributed by atoms with Crippen LogP contribution in [0.3, 0.4) is 0 Å². The van der Waals surface area contributed by atoms with Gasteiger partial charge in [0.2, 0.25) is 0 Å². The Morgan fingerprint density at radius 3 is 2.56 bits per heavy atom. The van der Waals surface area contributed by atoms with E-state index in [1.54, 1.807) is 25.3 Å². The summed E-state index contributed by atoms with van der Waals surface area (Å²) in [5.74, 6) is 2.33. The molecule has 0 aliphatic rings. The summed E-state index contributed by atoms with van der Waals surface area (Å²) >= 11 is 5.29. The van der Waals surface area contributed by atoms with Crippen molar-refractivity contribution in [2.24, 2.45) is 5.92 Å². The van der Waals surface area contributed by atoms with Crippen molar-refractivity contribution in [3.63, 3.8) is 0 Å². The summed E-state index contributed by atoms with van der Waals surface area (Å²) in [5.41, 5.74) is 1.44. The monoisotopic (exact) mass is 458 g/mol. The zero-order valence-electron chi connectivity index (χ0n) is 19.6. The molecule has 7 heteroatoms. The highest BCUT2D eigenvalue weighted by molar-refractivity contribution is 7.80. The normalized spacial score (nSPS) is 11.6. The number of thiocarbonyl (C=S) groups is 1. The Bertz CT molecular complexity index is 901. The first kappa shape index (κ1) is 25.5. The summed E-state index contributed by atoms with van der Waals surface area (Å²) in [6.45, 7) is 9.45. The Morgan fingerprint density at radius 1 is 1.09 bits per heavy atom. The van der Waals surface area contributed by atoms with E-state index in [9.17, 15) is 4.79 Å². The van der Waals surface area contributed by atoms with E-state index < -0.39 is 0 Å². The van der Waals surface area contributed by atoms with E-state index in [-0.39, 0.29) is 17.1 Å². The molecular formula is C25H34N2O4S. The van der Waals surface area contributed by atoms with Gasteiger partial charge in [0, 0.05) is 12.1 Å². The minimum atomic E-state index is -0.288. The molecular weight excluding hydrogens is 424 g/mol. The molecule has 1 unspecified atom stereocenters. The van der Waals surface area contributed by atoms with Gasteiger partial charge in [0.25, 0.3) is 5.91 Å². The fourth-order valence-electron chi connectivity index (χ4n) is 2.77. The van der Waals surface area contributed by atoms with Gasteiger partial charge < -0.3 is 19.5 Å². The fourth-order valence-corrected chi connectivity index (χ4v) is 2.94. The van der Waals surface area contributed by atoms with E-state index in [4.69, 9.17) is 26.4 Å². The van der Waals surface area contributed by atoms with Crippen LogP contribution in [0.15, 0.2) is 42.5 Å². The van der Waals surface area contributed by atoms with E-state index in [1.807, 2.05) is 38.1 Å². The lowest BCUT2D eigenvalue weighted by Gasteiger charge is -2.15. The predicted octanol–water partition coefficient (Wildman–Crippen LogP) is 5.10. The molecule has 0 aliphatic carbocycles. The van der Waals surface area contributed by atoms with Crippen molar-refractivity contribution in [2.45, 2.75) is 53.2 Å². The zero-order valence-corrected chi connectivity index (χ0v) is 20.4. The molecule has 0 radical (unpaired) electrons. The highest BCUT2D eigenvalue weighted by Crippen LogP contribution is 2.28. The van der Waals surface area contributed by atoms with Crippen molar-refractivity contribution < 1.29 is 19.0 Å². The van der Waals surface area contributed by atoms with Gasteiger partial charge in [-0.25, -0.2) is 0 Å². The molecule has 1 amide bonds. The maximum Gasteiger partial charge on any atom is 0.257 e. The molecule has 1 atom stereocenters. The quantitative estimate of drug-likeness (QED) is 0.457. The number of methoxy groups -OCH3 is 1. The van der Waals surface area contributed by atoms with Crippen LogP contribution < -0.4 is 24.8 Å². The first-order valence-corrected chi connectivity index (χ1v) is 11.4. The van der Waals surface area contributed by atoms with Crippen LogP contribution in [-0.2, 0) is 6.54 Å². The topological polar surface area (TPSA) is 68.8 Å². The van der Waals surface area contributed by atoms with Crippen molar-refractivity contribution >= 4 is 23.2 Å². The molecule has 0 bridgehead atoms. The van der Waals surface area contributed by atoms with Crippen LogP contribution in [0.1, 0.15) is 56.5 Å². The van der Waals surface area contributed by atoms with Crippen molar-refractivity contribution in [1.82, 2.24) is 10.6 Å². The van der Waals surface area contributed by atoms with Gasteiger partial charge in [-0.15, -0.1) is 0 Å². The number of amides is 1. The molecule has 0 saturated heterocycles. The third kappa shape index (κ3) is 8.38. The SMILES string of the molecule is CCC(C)Oc1cccc(C(=O)NC(=S)NCc2ccc(OCCC(C)C)c(OC)c2)c1. The first-order chi connectivity index (χ1) is 15.3. The van der Waals surface area contributed by atoms with E-state index in [1.165, 1.54) is 0 Å². The van der Waals surface area contributed by atoms with E-state index in [2.05, 4.69) is 24.5 Å². The van der Waals surface area contributed by atoms with Gasteiger partial charge >= 0.3 is 0 Å². The van der Waals surface area contributed by atoms with Crippen molar-refractivity contribution in [3.05, 3.63) is 53.6 Å². The van der Waals surface area contributed by atoms with Crippen LogP contribution in [0.5, 0.6) is 17.2 Å². The summed E-state index contributed by atoms with van der Waals surface area (Å²) in [4.78, 5) is 12.5. The van der Waals surface area contributed by atoms with E-state index in [0.29, 0.717) is 41.9 Å². The summed E-state index contributed by atoms with van der Waals surface area (Å²) < 4.78 is 17.1. The highest BCUT2D eigenvalue weighted by atomic mass is 32.1. The second kappa shape index (κ2) is 12.9. The summed E-state index contributed by atoms with van der Waals surface area (Å²) in [6.07, 6.45) is 1.95. The number of carbonyl (C=O) groups is 1. The van der Waals surface area contributed by atoms with Gasteiger partial charge in [-0.1, -0.05) is 32.9 Å². The molecule has 0 aliphatic heterocycles. The molecule has 0 fully saturated rings. The van der Waals surface area contributed by atoms with E-state index >= 15 is 0 Å². The molecule has 0 spiro atoms. The number of hydrogen-bond acceptors (Lipinski definition) is 5. The van der Waals surface area contributed by atoms with E-state index in [0.717, 1.165) is 18.4 Å². The maximum absolute atomic E-state index is 12.5. The standard InChI is InChI=1S/C25H34N2O4S/c1-6-18(4)31-21-9-7-8-20(15-21)24(28)27-25(32)26-16-19-10-11-22(23(14-19)29-5)30-13-12-17(2)3/h7-11,14-15,17-18H,6,12-13,16H2,1-5H3,(H2,26,27,28,32). The van der Waals surface area contributed by atoms with Crippen molar-refractivity contribution in [3.8, 4) is 17.2 Å². The largest absolute Gasteiger partial charge is 0.493 e. The summed E-state index contributed by atoms with van der Waals surface area (Å²) in [5, 5.41) is 6.02. The fraction of sp³-hybridized carbons (Fsp3) is 0.440. The molecule has 32 heavy (non-hydrogen) atoms. The number of rotatable bonds is 11. The van der Waals surface area contributed by atoms with Gasteiger partial charge in [-0.05, 0) is 73.8 Å². The minimum Gasteiger partial charge on any atom is -0.493 e. The minimum absolute atomic E-state index is 0.0834. The van der Waals surface area contributed by atoms with Crippen LogP contribution in [0.4, 0.5) is 0 Å². The smallest absolute Gasteiger partial charge is 0.257 e.